The number of nitrogens with zero attached hydrogens (tertiary/aromatic N) is 2. The third-order valence-corrected chi connectivity index (χ3v) is 4.52. The fraction of sp³-hybridized carbons (Fsp3) is 0.261. The van der Waals surface area contributed by atoms with Crippen LogP contribution in [0.2, 0.25) is 5.02 Å². The molecule has 1 aromatic heterocycles. The summed E-state index contributed by atoms with van der Waals surface area (Å²) >= 11 is 5.90. The average molecular weight is 428 g/mol. The number of aliphatic hydroxyl groups is 1. The molecule has 158 valence electrons. The number of aliphatic hydroxyl groups excluding tert-OH is 1. The molecule has 0 atom stereocenters. The van der Waals surface area contributed by atoms with Crippen LogP contribution in [0.3, 0.4) is 0 Å². The van der Waals surface area contributed by atoms with Crippen LogP contribution in [0.25, 0.3) is 16.9 Å². The smallest absolute Gasteiger partial charge is 0.284 e. The van der Waals surface area contributed by atoms with Crippen molar-refractivity contribution in [3.8, 4) is 16.9 Å². The zero-order valence-electron chi connectivity index (χ0n) is 17.3. The number of benzene rings is 2. The van der Waals surface area contributed by atoms with Crippen molar-refractivity contribution < 1.29 is 9.90 Å². The standard InChI is InChI=1S/C18H14ClN3O2.C5H12O/c1-11-3-2-4-14(9-11)22-18(24)15(17(20)23)10-16(21-22)12-5-7-13(19)8-6-12;1-5(2)3-4-6/h2-10H,1H3,(H2,20,23);5-6H,3-4H2,1-2H3. The van der Waals surface area contributed by atoms with Crippen LogP contribution in [0.1, 0.15) is 36.2 Å². The van der Waals surface area contributed by atoms with Crippen LogP contribution in [-0.2, 0) is 0 Å². The lowest BCUT2D eigenvalue weighted by Gasteiger charge is -2.10. The molecule has 0 unspecified atom stereocenters. The fourth-order valence-electron chi connectivity index (χ4n) is 2.63. The number of carbonyl (C=O) groups is 1. The first kappa shape index (κ1) is 23.3. The number of hydrogen-bond donors (Lipinski definition) is 2. The van der Waals surface area contributed by atoms with Gasteiger partial charge >= 0.3 is 0 Å². The molecule has 0 radical (unpaired) electrons. The van der Waals surface area contributed by atoms with Crippen LogP contribution in [0.5, 0.6) is 0 Å². The average Bonchev–Trinajstić information content (AvgIpc) is 2.69. The third kappa shape index (κ3) is 6.27. The number of halogens is 1. The van der Waals surface area contributed by atoms with Gasteiger partial charge in [-0.25, -0.2) is 0 Å². The summed E-state index contributed by atoms with van der Waals surface area (Å²) < 4.78 is 1.19. The molecule has 3 aromatic rings. The maximum atomic E-state index is 12.5. The Labute approximate surface area is 180 Å². The molecule has 30 heavy (non-hydrogen) atoms. The molecule has 0 fully saturated rings. The second kappa shape index (κ2) is 10.7. The van der Waals surface area contributed by atoms with Gasteiger partial charge in [0.15, 0.2) is 0 Å². The highest BCUT2D eigenvalue weighted by atomic mass is 35.5. The highest BCUT2D eigenvalue weighted by Gasteiger charge is 2.15. The molecule has 3 N–H and O–H groups in total. The molecule has 0 saturated heterocycles. The van der Waals surface area contributed by atoms with Crippen molar-refractivity contribution >= 4 is 17.5 Å². The highest BCUT2D eigenvalue weighted by Crippen LogP contribution is 2.20. The Bertz CT molecular complexity index is 1060. The predicted octanol–water partition coefficient (Wildman–Crippen LogP) is 3.99. The Morgan fingerprint density at radius 3 is 2.33 bits per heavy atom. The van der Waals surface area contributed by atoms with Crippen LogP contribution in [-0.4, -0.2) is 27.4 Å². The molecule has 0 aliphatic rings. The molecular weight excluding hydrogens is 402 g/mol. The van der Waals surface area contributed by atoms with E-state index in [2.05, 4.69) is 18.9 Å². The topological polar surface area (TPSA) is 98.2 Å². The van der Waals surface area contributed by atoms with Crippen LogP contribution in [0, 0.1) is 12.8 Å². The first-order chi connectivity index (χ1) is 14.2. The molecule has 7 heteroatoms. The van der Waals surface area contributed by atoms with E-state index in [1.807, 2.05) is 25.1 Å². The van der Waals surface area contributed by atoms with E-state index in [9.17, 15) is 9.59 Å². The van der Waals surface area contributed by atoms with Gasteiger partial charge in [0.25, 0.3) is 11.5 Å². The molecule has 6 nitrogen and oxygen atoms in total. The van der Waals surface area contributed by atoms with E-state index in [0.29, 0.717) is 28.9 Å². The zero-order valence-corrected chi connectivity index (χ0v) is 18.1. The summed E-state index contributed by atoms with van der Waals surface area (Å²) in [6.07, 6.45) is 0.931. The van der Waals surface area contributed by atoms with Gasteiger partial charge in [0, 0.05) is 17.2 Å². The summed E-state index contributed by atoms with van der Waals surface area (Å²) in [6, 6.07) is 15.6. The molecular formula is C23H26ClN3O3. The van der Waals surface area contributed by atoms with Gasteiger partial charge in [0.2, 0.25) is 0 Å². The van der Waals surface area contributed by atoms with Gasteiger partial charge in [0.05, 0.1) is 11.4 Å². The zero-order chi connectivity index (χ0) is 22.3. The first-order valence-corrected chi connectivity index (χ1v) is 9.98. The summed E-state index contributed by atoms with van der Waals surface area (Å²) in [5.41, 5.74) is 7.42. The van der Waals surface area contributed by atoms with Crippen molar-refractivity contribution in [2.45, 2.75) is 27.2 Å². The minimum Gasteiger partial charge on any atom is -0.396 e. The van der Waals surface area contributed by atoms with E-state index in [-0.39, 0.29) is 5.56 Å². The molecule has 0 aliphatic heterocycles. The fourth-order valence-corrected chi connectivity index (χ4v) is 2.75. The van der Waals surface area contributed by atoms with Gasteiger partial charge in [-0.3, -0.25) is 9.59 Å². The number of hydrogen-bond acceptors (Lipinski definition) is 4. The minimum atomic E-state index is -0.793. The summed E-state index contributed by atoms with van der Waals surface area (Å²) in [4.78, 5) is 24.2. The van der Waals surface area contributed by atoms with Gasteiger partial charge in [-0.1, -0.05) is 49.7 Å². The van der Waals surface area contributed by atoms with E-state index < -0.39 is 11.5 Å². The summed E-state index contributed by atoms with van der Waals surface area (Å²) in [5, 5.41) is 13.2. The summed E-state index contributed by atoms with van der Waals surface area (Å²) in [5.74, 6) is -0.144. The van der Waals surface area contributed by atoms with E-state index in [1.165, 1.54) is 10.7 Å². The van der Waals surface area contributed by atoms with E-state index >= 15 is 0 Å². The van der Waals surface area contributed by atoms with Crippen molar-refractivity contribution in [1.82, 2.24) is 9.78 Å². The monoisotopic (exact) mass is 427 g/mol. The molecule has 0 aliphatic carbocycles. The van der Waals surface area contributed by atoms with Crippen molar-refractivity contribution in [3.63, 3.8) is 0 Å². The first-order valence-electron chi connectivity index (χ1n) is 9.61. The lowest BCUT2D eigenvalue weighted by atomic mass is 10.1. The maximum absolute atomic E-state index is 12.5. The molecule has 0 saturated carbocycles. The number of nitrogens with two attached hydrogens (primary N) is 1. The molecule has 3 rings (SSSR count). The Balaban J connectivity index is 0.000000469. The van der Waals surface area contributed by atoms with Gasteiger partial charge in [0.1, 0.15) is 5.56 Å². The largest absolute Gasteiger partial charge is 0.396 e. The Morgan fingerprint density at radius 2 is 1.83 bits per heavy atom. The number of aromatic nitrogens is 2. The number of rotatable bonds is 5. The van der Waals surface area contributed by atoms with E-state index in [0.717, 1.165) is 17.5 Å². The van der Waals surface area contributed by atoms with Crippen molar-refractivity contribution in [3.05, 3.63) is 81.1 Å². The highest BCUT2D eigenvalue weighted by molar-refractivity contribution is 6.30. The van der Waals surface area contributed by atoms with Gasteiger partial charge in [-0.2, -0.15) is 9.78 Å². The predicted molar refractivity (Wildman–Crippen MR) is 120 cm³/mol. The van der Waals surface area contributed by atoms with E-state index in [4.69, 9.17) is 22.4 Å². The van der Waals surface area contributed by atoms with Gasteiger partial charge in [-0.05, 0) is 55.2 Å². The van der Waals surface area contributed by atoms with Crippen molar-refractivity contribution in [1.29, 1.82) is 0 Å². The molecule has 1 amide bonds. The lowest BCUT2D eigenvalue weighted by molar-refractivity contribution is 0.0998. The second-order valence-corrected chi connectivity index (χ2v) is 7.71. The molecule has 0 bridgehead atoms. The molecule has 1 heterocycles. The summed E-state index contributed by atoms with van der Waals surface area (Å²) in [6.45, 7) is 6.43. The Kier molecular flexibility index (Phi) is 8.33. The SMILES string of the molecule is CC(C)CCO.Cc1cccc(-n2nc(-c3ccc(Cl)cc3)cc(C(N)=O)c2=O)c1. The van der Waals surface area contributed by atoms with Gasteiger partial charge < -0.3 is 10.8 Å². The molecule has 0 spiro atoms. The van der Waals surface area contributed by atoms with Crippen LogP contribution < -0.4 is 11.3 Å². The third-order valence-electron chi connectivity index (χ3n) is 4.27. The second-order valence-electron chi connectivity index (χ2n) is 7.28. The number of carbonyl (C=O) groups excluding carboxylic acids is 1. The Hall–Kier alpha value is -2.96. The molecule has 2 aromatic carbocycles. The number of amides is 1. The van der Waals surface area contributed by atoms with Crippen molar-refractivity contribution in [2.24, 2.45) is 11.7 Å². The van der Waals surface area contributed by atoms with Crippen LogP contribution >= 0.6 is 11.6 Å². The maximum Gasteiger partial charge on any atom is 0.284 e. The minimum absolute atomic E-state index is 0.114. The van der Waals surface area contributed by atoms with E-state index in [1.54, 1.807) is 30.3 Å². The van der Waals surface area contributed by atoms with Crippen molar-refractivity contribution in [2.75, 3.05) is 6.61 Å². The van der Waals surface area contributed by atoms with Crippen LogP contribution in [0.4, 0.5) is 0 Å². The lowest BCUT2D eigenvalue weighted by Crippen LogP contribution is -2.30. The number of primary amides is 1. The summed E-state index contributed by atoms with van der Waals surface area (Å²) in [7, 11) is 0. The number of aryl methyl sites for hydroxylation is 1. The Morgan fingerprint density at radius 1 is 1.17 bits per heavy atom. The van der Waals surface area contributed by atoms with Gasteiger partial charge in [-0.15, -0.1) is 0 Å². The van der Waals surface area contributed by atoms with Crippen LogP contribution in [0.15, 0.2) is 59.4 Å². The quantitative estimate of drug-likeness (QED) is 0.643. The normalized spacial score (nSPS) is 10.5.